The molecule has 1 fully saturated rings. The Morgan fingerprint density at radius 1 is 0.617 bits per heavy atom. The van der Waals surface area contributed by atoms with Crippen molar-refractivity contribution in [1.29, 1.82) is 0 Å². The Balaban J connectivity index is 1.29. The van der Waals surface area contributed by atoms with Crippen LogP contribution in [0.1, 0.15) is 41.5 Å². The number of fused-ring (bicyclic) bond motifs is 1. The van der Waals surface area contributed by atoms with Gasteiger partial charge in [0.05, 0.1) is 19.3 Å². The van der Waals surface area contributed by atoms with E-state index in [1.54, 1.807) is 0 Å². The molecule has 5 nitrogen and oxygen atoms in total. The van der Waals surface area contributed by atoms with E-state index in [0.717, 1.165) is 63.6 Å². The zero-order valence-electron chi connectivity index (χ0n) is 27.5. The number of unbranched alkanes of at least 4 members (excludes halogenated alkanes) is 2. The van der Waals surface area contributed by atoms with E-state index in [-0.39, 0.29) is 24.2 Å². The van der Waals surface area contributed by atoms with Gasteiger partial charge in [0, 0.05) is 29.6 Å². The first-order valence-electron chi connectivity index (χ1n) is 17.5. The lowest BCUT2D eigenvalue weighted by Crippen LogP contribution is -2.52. The fourth-order valence-electron chi connectivity index (χ4n) is 7.34. The maximum absolute atomic E-state index is 7.08. The predicted molar refractivity (Wildman–Crippen MR) is 191 cm³/mol. The van der Waals surface area contributed by atoms with Crippen LogP contribution in [0.25, 0.3) is 10.9 Å². The highest BCUT2D eigenvalue weighted by atomic mass is 16.7. The molecule has 47 heavy (non-hydrogen) atoms. The monoisotopic (exact) mass is 630 g/mol. The number of para-hydroxylation sites is 1. The van der Waals surface area contributed by atoms with Gasteiger partial charge in [0.15, 0.2) is 6.29 Å². The number of aromatic amines is 1. The Bertz CT molecular complexity index is 1590. The minimum absolute atomic E-state index is 0.0801. The Hall–Kier alpha value is -3.74. The third kappa shape index (κ3) is 9.21. The molecule has 1 aliphatic rings. The molecule has 5 heteroatoms. The third-order valence-electron chi connectivity index (χ3n) is 9.78. The van der Waals surface area contributed by atoms with E-state index < -0.39 is 0 Å². The summed E-state index contributed by atoms with van der Waals surface area (Å²) in [5, 5.41) is 1.26. The van der Waals surface area contributed by atoms with E-state index in [0.29, 0.717) is 19.1 Å². The van der Waals surface area contributed by atoms with Crippen LogP contribution in [-0.4, -0.2) is 43.7 Å². The summed E-state index contributed by atoms with van der Waals surface area (Å²) in [5.74, 6) is 0.773. The van der Waals surface area contributed by atoms with Crippen LogP contribution in [0.5, 0.6) is 0 Å². The van der Waals surface area contributed by atoms with Crippen molar-refractivity contribution in [3.63, 3.8) is 0 Å². The van der Waals surface area contributed by atoms with Crippen molar-refractivity contribution in [2.45, 2.75) is 57.3 Å². The number of nitrogens with one attached hydrogen (secondary N) is 1. The van der Waals surface area contributed by atoms with Gasteiger partial charge in [-0.25, -0.2) is 0 Å². The summed E-state index contributed by atoms with van der Waals surface area (Å²) in [6.45, 7) is 2.60. The van der Waals surface area contributed by atoms with Crippen molar-refractivity contribution in [1.82, 2.24) is 4.98 Å². The number of hydrogen-bond donors (Lipinski definition) is 2. The second-order valence-electron chi connectivity index (χ2n) is 13.0. The molecule has 2 heterocycles. The zero-order valence-corrected chi connectivity index (χ0v) is 27.5. The lowest BCUT2D eigenvalue weighted by molar-refractivity contribution is -0.264. The van der Waals surface area contributed by atoms with Crippen LogP contribution in [0.2, 0.25) is 0 Å². The molecule has 0 saturated carbocycles. The summed E-state index contributed by atoms with van der Waals surface area (Å²) in [6, 6.07) is 41.2. The quantitative estimate of drug-likeness (QED) is 0.102. The Morgan fingerprint density at radius 3 is 1.87 bits per heavy atom. The van der Waals surface area contributed by atoms with Crippen molar-refractivity contribution in [2.24, 2.45) is 23.5 Å². The molecule has 0 bridgehead atoms. The predicted octanol–water partition coefficient (Wildman–Crippen LogP) is 8.17. The number of hydrogen-bond acceptors (Lipinski definition) is 4. The summed E-state index contributed by atoms with van der Waals surface area (Å²) in [4.78, 5) is 3.42. The second-order valence-corrected chi connectivity index (χ2v) is 13.0. The third-order valence-corrected chi connectivity index (χ3v) is 9.78. The number of rotatable bonds is 17. The number of nitrogens with two attached hydrogens (primary N) is 1. The van der Waals surface area contributed by atoms with Crippen LogP contribution in [0.15, 0.2) is 121 Å². The van der Waals surface area contributed by atoms with Gasteiger partial charge in [-0.15, -0.1) is 0 Å². The Labute approximate surface area is 280 Å². The fraction of sp³-hybridized carbons (Fsp3) is 0.381. The second kappa shape index (κ2) is 17.4. The lowest BCUT2D eigenvalue weighted by Gasteiger charge is -2.47. The normalized spacial score (nSPS) is 21.3. The van der Waals surface area contributed by atoms with Crippen LogP contribution >= 0.6 is 0 Å². The number of H-pyrrole nitrogens is 1. The van der Waals surface area contributed by atoms with E-state index >= 15 is 0 Å². The molecular formula is C42H50N2O3. The average Bonchev–Trinajstić information content (AvgIpc) is 3.53. The molecule has 2 unspecified atom stereocenters. The average molecular weight is 631 g/mol. The van der Waals surface area contributed by atoms with Crippen molar-refractivity contribution in [3.05, 3.63) is 144 Å². The SMILES string of the molecule is NCCCCCOC[C@H]1O[C@@H](OCCc2c[nH]c3ccccc23)C(Cc2ccccc2)[C@@H](Cc2ccccc2)C1Cc1ccccc1. The molecule has 6 rings (SSSR count). The molecule has 0 spiro atoms. The van der Waals surface area contributed by atoms with Crippen LogP contribution in [0.3, 0.4) is 0 Å². The molecule has 1 saturated heterocycles. The Kier molecular flexibility index (Phi) is 12.3. The van der Waals surface area contributed by atoms with Gasteiger partial charge in [0.1, 0.15) is 0 Å². The molecular weight excluding hydrogens is 580 g/mol. The van der Waals surface area contributed by atoms with E-state index in [1.165, 1.54) is 27.6 Å². The molecule has 4 aromatic carbocycles. The van der Waals surface area contributed by atoms with Gasteiger partial charge in [0.25, 0.3) is 0 Å². The summed E-state index contributed by atoms with van der Waals surface area (Å²) >= 11 is 0. The van der Waals surface area contributed by atoms with E-state index in [2.05, 4.69) is 126 Å². The molecule has 0 aliphatic carbocycles. The van der Waals surface area contributed by atoms with Crippen molar-refractivity contribution in [3.8, 4) is 0 Å². The van der Waals surface area contributed by atoms with E-state index in [1.807, 2.05) is 0 Å². The minimum Gasteiger partial charge on any atom is -0.379 e. The van der Waals surface area contributed by atoms with Crippen molar-refractivity contribution >= 4 is 10.9 Å². The highest BCUT2D eigenvalue weighted by molar-refractivity contribution is 5.83. The Morgan fingerprint density at radius 2 is 1.21 bits per heavy atom. The first-order chi connectivity index (χ1) is 23.3. The van der Waals surface area contributed by atoms with Crippen molar-refractivity contribution in [2.75, 3.05) is 26.4 Å². The van der Waals surface area contributed by atoms with Gasteiger partial charge in [-0.1, -0.05) is 109 Å². The zero-order chi connectivity index (χ0) is 32.1. The van der Waals surface area contributed by atoms with Crippen LogP contribution in [-0.2, 0) is 39.9 Å². The molecule has 3 N–H and O–H groups in total. The standard InChI is InChI=1S/C42H50N2O3/c43-24-13-4-14-25-45-31-41-38(28-33-17-7-2-8-18-33)37(27-32-15-5-1-6-16-32)39(29-34-19-9-3-10-20-34)42(47-41)46-26-23-35-30-44-40-22-12-11-21-36(35)40/h1-3,5-12,15-22,30,37-39,41-42,44H,4,13-14,23-29,31,43H2/t37-,38?,39?,41+,42+/m0/s1. The number of benzene rings is 4. The van der Waals surface area contributed by atoms with Crippen LogP contribution in [0, 0.1) is 17.8 Å². The number of ether oxygens (including phenoxy) is 3. The van der Waals surface area contributed by atoms with Gasteiger partial charge in [-0.2, -0.15) is 0 Å². The van der Waals surface area contributed by atoms with E-state index in [4.69, 9.17) is 19.9 Å². The van der Waals surface area contributed by atoms with Gasteiger partial charge in [-0.05, 0) is 91.6 Å². The molecule has 5 aromatic rings. The lowest BCUT2D eigenvalue weighted by atomic mass is 9.69. The summed E-state index contributed by atoms with van der Waals surface area (Å²) in [5.41, 5.74) is 12.2. The first kappa shape index (κ1) is 33.2. The first-order valence-corrected chi connectivity index (χ1v) is 17.5. The van der Waals surface area contributed by atoms with Crippen LogP contribution < -0.4 is 5.73 Å². The maximum Gasteiger partial charge on any atom is 0.161 e. The minimum atomic E-state index is -0.341. The molecule has 5 atom stereocenters. The summed E-state index contributed by atoms with van der Waals surface area (Å²) < 4.78 is 20.3. The molecule has 246 valence electrons. The van der Waals surface area contributed by atoms with Gasteiger partial charge in [0.2, 0.25) is 0 Å². The molecule has 0 amide bonds. The molecule has 1 aromatic heterocycles. The largest absolute Gasteiger partial charge is 0.379 e. The summed E-state index contributed by atoms with van der Waals surface area (Å²) in [7, 11) is 0. The highest BCUT2D eigenvalue weighted by Gasteiger charge is 2.46. The fourth-order valence-corrected chi connectivity index (χ4v) is 7.34. The molecule has 0 radical (unpaired) electrons. The van der Waals surface area contributed by atoms with Gasteiger partial charge in [-0.3, -0.25) is 0 Å². The van der Waals surface area contributed by atoms with E-state index in [9.17, 15) is 0 Å². The maximum atomic E-state index is 7.08. The topological polar surface area (TPSA) is 69.5 Å². The summed E-state index contributed by atoms with van der Waals surface area (Å²) in [6.07, 6.45) is 8.46. The van der Waals surface area contributed by atoms with Gasteiger partial charge >= 0.3 is 0 Å². The highest BCUT2D eigenvalue weighted by Crippen LogP contribution is 2.42. The van der Waals surface area contributed by atoms with Crippen molar-refractivity contribution < 1.29 is 14.2 Å². The molecule has 1 aliphatic heterocycles. The van der Waals surface area contributed by atoms with Crippen LogP contribution in [0.4, 0.5) is 0 Å². The smallest absolute Gasteiger partial charge is 0.161 e. The van der Waals surface area contributed by atoms with Gasteiger partial charge < -0.3 is 24.9 Å². The number of aromatic nitrogens is 1.